The smallest absolute Gasteiger partial charge is 0.266 e. The summed E-state index contributed by atoms with van der Waals surface area (Å²) >= 11 is 0. The van der Waals surface area contributed by atoms with Gasteiger partial charge in [0.15, 0.2) is 5.65 Å². The standard InChI is InChI=1S/C26H27F3N6O/c1-14(17-4-3-5-18(21(17)27)22(28)29)31-23-19-12-20(26(13-30)8-9-26)25(34-16-6-10-36-11-7-16)35-24(19)33-15(2)32-23/h3-5,12,14,16,22H,6-11H2,1-2H3,(H2,31,32,33,34,35)/t14-/m1/s1. The number of nitrogens with one attached hydrogen (secondary N) is 2. The van der Waals surface area contributed by atoms with E-state index in [-0.39, 0.29) is 11.6 Å². The Morgan fingerprint density at radius 1 is 1.11 bits per heavy atom. The number of hydrogen-bond donors (Lipinski definition) is 2. The van der Waals surface area contributed by atoms with Crippen LogP contribution in [0, 0.1) is 24.1 Å². The van der Waals surface area contributed by atoms with Gasteiger partial charge in [0.2, 0.25) is 0 Å². The van der Waals surface area contributed by atoms with Crippen LogP contribution in [0.3, 0.4) is 0 Å². The summed E-state index contributed by atoms with van der Waals surface area (Å²) in [7, 11) is 0. The van der Waals surface area contributed by atoms with Crippen LogP contribution in [-0.4, -0.2) is 34.2 Å². The maximum atomic E-state index is 14.8. The van der Waals surface area contributed by atoms with Crippen LogP contribution in [0.15, 0.2) is 24.3 Å². The van der Waals surface area contributed by atoms with Crippen LogP contribution in [0.4, 0.5) is 24.8 Å². The van der Waals surface area contributed by atoms with Gasteiger partial charge in [-0.15, -0.1) is 0 Å². The molecule has 3 heterocycles. The monoisotopic (exact) mass is 496 g/mol. The lowest BCUT2D eigenvalue weighted by molar-refractivity contribution is 0.0903. The first-order valence-electron chi connectivity index (χ1n) is 12.1. The van der Waals surface area contributed by atoms with Crippen molar-refractivity contribution in [3.63, 3.8) is 0 Å². The topological polar surface area (TPSA) is 95.8 Å². The number of halogens is 3. The van der Waals surface area contributed by atoms with Crippen molar-refractivity contribution in [1.82, 2.24) is 15.0 Å². The number of aromatic nitrogens is 3. The zero-order valence-corrected chi connectivity index (χ0v) is 20.1. The van der Waals surface area contributed by atoms with Gasteiger partial charge >= 0.3 is 0 Å². The van der Waals surface area contributed by atoms with Crippen molar-refractivity contribution in [2.24, 2.45) is 0 Å². The van der Waals surface area contributed by atoms with Crippen molar-refractivity contribution in [2.45, 2.75) is 63.5 Å². The lowest BCUT2D eigenvalue weighted by Crippen LogP contribution is -2.29. The van der Waals surface area contributed by atoms with E-state index in [2.05, 4.69) is 26.7 Å². The van der Waals surface area contributed by atoms with E-state index in [0.29, 0.717) is 41.7 Å². The average Bonchev–Trinajstić information content (AvgIpc) is 3.65. The largest absolute Gasteiger partial charge is 0.381 e. The first-order chi connectivity index (χ1) is 17.3. The molecular weight excluding hydrogens is 469 g/mol. The number of hydrogen-bond acceptors (Lipinski definition) is 7. The molecular formula is C26H27F3N6O. The molecule has 0 spiro atoms. The van der Waals surface area contributed by atoms with E-state index in [0.717, 1.165) is 37.3 Å². The molecule has 36 heavy (non-hydrogen) atoms. The van der Waals surface area contributed by atoms with Gasteiger partial charge in [-0.25, -0.2) is 28.1 Å². The van der Waals surface area contributed by atoms with Gasteiger partial charge in [-0.2, -0.15) is 5.26 Å². The van der Waals surface area contributed by atoms with Crippen molar-refractivity contribution >= 4 is 22.7 Å². The first kappa shape index (κ1) is 24.3. The van der Waals surface area contributed by atoms with Gasteiger partial charge < -0.3 is 15.4 Å². The third-order valence-corrected chi connectivity index (χ3v) is 6.95. The van der Waals surface area contributed by atoms with E-state index in [9.17, 15) is 18.4 Å². The van der Waals surface area contributed by atoms with Gasteiger partial charge in [0.1, 0.15) is 23.3 Å². The molecule has 1 aliphatic carbocycles. The van der Waals surface area contributed by atoms with Gasteiger partial charge in [-0.3, -0.25) is 0 Å². The summed E-state index contributed by atoms with van der Waals surface area (Å²) in [6.45, 7) is 4.75. The third-order valence-electron chi connectivity index (χ3n) is 6.95. The molecule has 0 unspecified atom stereocenters. The van der Waals surface area contributed by atoms with E-state index < -0.39 is 29.3 Å². The first-order valence-corrected chi connectivity index (χ1v) is 12.1. The van der Waals surface area contributed by atoms with E-state index in [1.807, 2.05) is 6.07 Å². The summed E-state index contributed by atoms with van der Waals surface area (Å²) in [4.78, 5) is 13.8. The van der Waals surface area contributed by atoms with Crippen LogP contribution in [0.2, 0.25) is 0 Å². The summed E-state index contributed by atoms with van der Waals surface area (Å²) in [6, 6.07) is 7.84. The van der Waals surface area contributed by atoms with Gasteiger partial charge in [0.05, 0.1) is 28.5 Å². The Hall–Kier alpha value is -3.45. The number of nitrogens with zero attached hydrogens (tertiary/aromatic N) is 4. The van der Waals surface area contributed by atoms with Gasteiger partial charge in [0, 0.05) is 30.4 Å². The molecule has 10 heteroatoms. The molecule has 5 rings (SSSR count). The number of aryl methyl sites for hydroxylation is 1. The van der Waals surface area contributed by atoms with E-state index in [1.165, 1.54) is 12.1 Å². The molecule has 1 aliphatic heterocycles. The summed E-state index contributed by atoms with van der Waals surface area (Å²) < 4.78 is 46.7. The Bertz CT molecular complexity index is 1330. The highest BCUT2D eigenvalue weighted by atomic mass is 19.3. The summed E-state index contributed by atoms with van der Waals surface area (Å²) in [5.74, 6) is 0.566. The molecule has 1 aromatic carbocycles. The molecule has 0 amide bonds. The van der Waals surface area contributed by atoms with Crippen molar-refractivity contribution < 1.29 is 17.9 Å². The molecule has 1 saturated carbocycles. The number of anilines is 2. The van der Waals surface area contributed by atoms with Gasteiger partial charge in [-0.05, 0) is 45.6 Å². The van der Waals surface area contributed by atoms with Crippen LogP contribution >= 0.6 is 0 Å². The molecule has 3 aromatic rings. The molecule has 188 valence electrons. The number of benzene rings is 1. The maximum absolute atomic E-state index is 14.8. The third kappa shape index (κ3) is 4.55. The number of pyridine rings is 1. The van der Waals surface area contributed by atoms with Gasteiger partial charge in [-0.1, -0.05) is 18.2 Å². The molecule has 2 N–H and O–H groups in total. The number of rotatable bonds is 7. The Morgan fingerprint density at radius 2 is 1.83 bits per heavy atom. The molecule has 2 fully saturated rings. The van der Waals surface area contributed by atoms with Crippen LogP contribution in [0.25, 0.3) is 11.0 Å². The highest BCUT2D eigenvalue weighted by molar-refractivity contribution is 5.89. The Balaban J connectivity index is 1.56. The normalized spacial score (nSPS) is 18.1. The minimum absolute atomic E-state index is 0.110. The quantitative estimate of drug-likeness (QED) is 0.431. The number of nitriles is 1. The molecule has 2 aliphatic rings. The summed E-state index contributed by atoms with van der Waals surface area (Å²) in [5, 5.41) is 17.2. The minimum atomic E-state index is -2.91. The fraction of sp³-hybridized carbons (Fsp3) is 0.462. The molecule has 1 saturated heterocycles. The number of alkyl halides is 2. The highest BCUT2D eigenvalue weighted by Crippen LogP contribution is 2.51. The average molecular weight is 497 g/mol. The molecule has 0 radical (unpaired) electrons. The zero-order chi connectivity index (χ0) is 25.4. The Kier molecular flexibility index (Phi) is 6.43. The zero-order valence-electron chi connectivity index (χ0n) is 20.1. The second-order valence-corrected chi connectivity index (χ2v) is 9.52. The lowest BCUT2D eigenvalue weighted by Gasteiger charge is -2.26. The highest BCUT2D eigenvalue weighted by Gasteiger charge is 2.47. The fourth-order valence-electron chi connectivity index (χ4n) is 4.70. The van der Waals surface area contributed by atoms with E-state index >= 15 is 0 Å². The van der Waals surface area contributed by atoms with Crippen molar-refractivity contribution in [1.29, 1.82) is 5.26 Å². The van der Waals surface area contributed by atoms with Crippen molar-refractivity contribution in [3.05, 3.63) is 52.6 Å². The van der Waals surface area contributed by atoms with Crippen LogP contribution in [-0.2, 0) is 10.2 Å². The molecule has 2 aromatic heterocycles. The molecule has 7 nitrogen and oxygen atoms in total. The second kappa shape index (κ2) is 9.54. The van der Waals surface area contributed by atoms with E-state index in [1.54, 1.807) is 13.8 Å². The predicted molar refractivity (Wildman–Crippen MR) is 129 cm³/mol. The van der Waals surface area contributed by atoms with Crippen molar-refractivity contribution in [2.75, 3.05) is 23.8 Å². The van der Waals surface area contributed by atoms with Gasteiger partial charge in [0.25, 0.3) is 6.43 Å². The Labute approximate surface area is 207 Å². The summed E-state index contributed by atoms with van der Waals surface area (Å²) in [6.07, 6.45) is 0.241. The van der Waals surface area contributed by atoms with E-state index in [4.69, 9.17) is 9.72 Å². The van der Waals surface area contributed by atoms with Crippen LogP contribution < -0.4 is 10.6 Å². The molecule has 0 bridgehead atoms. The second-order valence-electron chi connectivity index (χ2n) is 9.52. The van der Waals surface area contributed by atoms with Crippen LogP contribution in [0.1, 0.15) is 67.6 Å². The minimum Gasteiger partial charge on any atom is -0.381 e. The predicted octanol–water partition coefficient (Wildman–Crippen LogP) is 5.73. The molecule has 1 atom stereocenters. The lowest BCUT2D eigenvalue weighted by atomic mass is 9.96. The fourth-order valence-corrected chi connectivity index (χ4v) is 4.70. The number of fused-ring (bicyclic) bond motifs is 1. The van der Waals surface area contributed by atoms with Crippen LogP contribution in [0.5, 0.6) is 0 Å². The maximum Gasteiger partial charge on any atom is 0.266 e. The Morgan fingerprint density at radius 3 is 2.50 bits per heavy atom. The number of ether oxygens (including phenoxy) is 1. The van der Waals surface area contributed by atoms with Crippen molar-refractivity contribution in [3.8, 4) is 6.07 Å². The SMILES string of the molecule is Cc1nc(N[C@H](C)c2cccc(C(F)F)c2F)c2cc(C3(C#N)CC3)c(NC3CCOCC3)nc2n1. The summed E-state index contributed by atoms with van der Waals surface area (Å²) in [5.41, 5.74) is 0.0745.